The number of nitrogens with one attached hydrogen (secondary N) is 3. The average molecular weight is 731 g/mol. The van der Waals surface area contributed by atoms with Gasteiger partial charge in [0.25, 0.3) is 0 Å². The fourth-order valence-electron chi connectivity index (χ4n) is 7.33. The number of hydrogen-bond acceptors (Lipinski definition) is 6. The van der Waals surface area contributed by atoms with Crippen LogP contribution in [0.4, 0.5) is 4.79 Å². The Kier molecular flexibility index (Phi) is 17.2. The van der Waals surface area contributed by atoms with Crippen molar-refractivity contribution in [2.24, 2.45) is 27.7 Å². The van der Waals surface area contributed by atoms with E-state index in [-0.39, 0.29) is 42.0 Å². The van der Waals surface area contributed by atoms with Crippen molar-refractivity contribution in [3.63, 3.8) is 0 Å². The summed E-state index contributed by atoms with van der Waals surface area (Å²) >= 11 is 0. The average Bonchev–Trinajstić information content (AvgIpc) is 3.52. The number of aliphatic imine (C=N–C) groups is 1. The fourth-order valence-corrected chi connectivity index (χ4v) is 7.69. The molecule has 1 heterocycles. The van der Waals surface area contributed by atoms with Gasteiger partial charge in [-0.3, -0.25) is 19.2 Å². The molecule has 286 valence electrons. The number of urea groups is 1. The van der Waals surface area contributed by atoms with Gasteiger partial charge in [-0.05, 0) is 55.4 Å². The van der Waals surface area contributed by atoms with E-state index in [0.29, 0.717) is 19.5 Å². The minimum absolute atomic E-state index is 0.0164. The molecule has 3 N–H and O–H groups in total. The molecule has 51 heavy (non-hydrogen) atoms. The van der Waals surface area contributed by atoms with E-state index in [1.165, 1.54) is 6.08 Å². The molecule has 0 bridgehead atoms. The third kappa shape index (κ3) is 12.4. The number of likely N-dealkylation sites (tertiary alicyclic amines) is 1. The van der Waals surface area contributed by atoms with Crippen LogP contribution in [0.5, 0.6) is 0 Å². The molecule has 2 aliphatic rings. The molecule has 6 atom stereocenters. The van der Waals surface area contributed by atoms with Gasteiger partial charge in [0, 0.05) is 38.0 Å². The van der Waals surface area contributed by atoms with Crippen LogP contribution in [-0.2, 0) is 30.2 Å². The van der Waals surface area contributed by atoms with E-state index >= 15 is 0 Å². The molecular formula is C38H62N6O6S. The Labute approximate surface area is 308 Å². The van der Waals surface area contributed by atoms with Crippen molar-refractivity contribution >= 4 is 46.7 Å². The zero-order chi connectivity index (χ0) is 38.5. The molecule has 1 saturated heterocycles. The summed E-state index contributed by atoms with van der Waals surface area (Å²) in [5, 5.41) is 8.85. The van der Waals surface area contributed by atoms with Crippen LogP contribution in [0, 0.1) is 35.0 Å². The second-order valence-corrected chi connectivity index (χ2v) is 17.0. The predicted octanol–water partition coefficient (Wildman–Crippen LogP) is 4.17. The standard InChI is InChI=1S/C38H62N6O6S/c1-11-15-19-28(31(45)34(47)39-22-12-2)40-33(46)29-23-27(26(13-3)14-4)24-44(29)35(48)32(38(8)20-17-16-18-21-38)42-36(49)41-30(37(5,6)7)25-43(9)51(10)50/h1,12,22,26-30,32H,2,13-21,23-25H2,3-10H3,(H,40,46)(H2,41,42,49)/t27-,28?,29+,30-,32-,51?/m1/s1. The first kappa shape index (κ1) is 43.8. The smallest absolute Gasteiger partial charge is 0.315 e. The first-order valence-electron chi connectivity index (χ1n) is 18.3. The normalized spacial score (nSPS) is 21.4. The minimum atomic E-state index is -1.24. The highest BCUT2D eigenvalue weighted by atomic mass is 32.2. The maximum atomic E-state index is 14.9. The molecule has 2 fully saturated rings. The van der Waals surface area contributed by atoms with E-state index < -0.39 is 58.2 Å². The van der Waals surface area contributed by atoms with E-state index in [2.05, 4.69) is 47.3 Å². The Bertz CT molecular complexity index is 1340. The predicted molar refractivity (Wildman–Crippen MR) is 203 cm³/mol. The highest BCUT2D eigenvalue weighted by molar-refractivity contribution is 7.81. The van der Waals surface area contributed by atoms with Crippen molar-refractivity contribution in [1.29, 1.82) is 0 Å². The lowest BCUT2D eigenvalue weighted by Crippen LogP contribution is -2.62. The van der Waals surface area contributed by atoms with Gasteiger partial charge in [-0.25, -0.2) is 18.3 Å². The van der Waals surface area contributed by atoms with Gasteiger partial charge in [-0.2, -0.15) is 0 Å². The van der Waals surface area contributed by atoms with Gasteiger partial charge in [-0.1, -0.05) is 86.3 Å². The first-order chi connectivity index (χ1) is 23.9. The van der Waals surface area contributed by atoms with Crippen molar-refractivity contribution in [2.75, 3.05) is 26.4 Å². The Morgan fingerprint density at radius 3 is 2.25 bits per heavy atom. The molecular weight excluding hydrogens is 669 g/mol. The van der Waals surface area contributed by atoms with Gasteiger partial charge in [0.15, 0.2) is 0 Å². The second kappa shape index (κ2) is 20.0. The van der Waals surface area contributed by atoms with Gasteiger partial charge in [0.2, 0.25) is 17.6 Å². The van der Waals surface area contributed by atoms with Gasteiger partial charge >= 0.3 is 11.9 Å². The second-order valence-electron chi connectivity index (χ2n) is 15.5. The van der Waals surface area contributed by atoms with Crippen molar-refractivity contribution in [3.05, 3.63) is 12.7 Å². The highest BCUT2D eigenvalue weighted by Gasteiger charge is 2.49. The Balaban J connectivity index is 2.51. The van der Waals surface area contributed by atoms with E-state index in [4.69, 9.17) is 6.42 Å². The number of ketones is 1. The molecule has 1 saturated carbocycles. The molecule has 0 aromatic rings. The van der Waals surface area contributed by atoms with Crippen LogP contribution in [0.1, 0.15) is 106 Å². The maximum Gasteiger partial charge on any atom is 0.315 e. The summed E-state index contributed by atoms with van der Waals surface area (Å²) in [6, 6.07) is -3.97. The van der Waals surface area contributed by atoms with E-state index in [1.54, 1.807) is 22.5 Å². The number of carbonyl (C=O) groups excluding carboxylic acids is 5. The summed E-state index contributed by atoms with van der Waals surface area (Å²) < 4.78 is 13.8. The largest absolute Gasteiger partial charge is 0.344 e. The molecule has 12 nitrogen and oxygen atoms in total. The maximum absolute atomic E-state index is 14.9. The van der Waals surface area contributed by atoms with Crippen LogP contribution < -0.4 is 16.0 Å². The molecule has 0 spiro atoms. The number of likely N-dealkylation sites (N-methyl/N-ethyl adjacent to an activating group) is 1. The lowest BCUT2D eigenvalue weighted by Gasteiger charge is -2.43. The van der Waals surface area contributed by atoms with Crippen molar-refractivity contribution < 1.29 is 28.2 Å². The first-order valence-corrected chi connectivity index (χ1v) is 19.8. The van der Waals surface area contributed by atoms with Crippen LogP contribution in [0.3, 0.4) is 0 Å². The Morgan fingerprint density at radius 2 is 1.73 bits per heavy atom. The zero-order valence-electron chi connectivity index (χ0n) is 32.1. The van der Waals surface area contributed by atoms with Crippen molar-refractivity contribution in [3.8, 4) is 12.3 Å². The molecule has 1 aliphatic heterocycles. The van der Waals surface area contributed by atoms with E-state index in [0.717, 1.165) is 51.2 Å². The molecule has 5 amide bonds. The fraction of sp³-hybridized carbons (Fsp3) is 0.737. The summed E-state index contributed by atoms with van der Waals surface area (Å²) in [5.74, 6) is -0.104. The number of Topliss-reactive ketones (excluding diaryl/α,β-unsaturated/α-hetero) is 1. The van der Waals surface area contributed by atoms with Crippen LogP contribution in [0.2, 0.25) is 0 Å². The van der Waals surface area contributed by atoms with Gasteiger partial charge in [-0.15, -0.1) is 12.3 Å². The summed E-state index contributed by atoms with van der Waals surface area (Å²) in [6.45, 7) is 16.3. The number of terminal acetylenes is 1. The number of amides is 5. The lowest BCUT2D eigenvalue weighted by atomic mass is 9.70. The molecule has 0 radical (unpaired) electrons. The van der Waals surface area contributed by atoms with E-state index in [1.807, 2.05) is 27.7 Å². The summed E-state index contributed by atoms with van der Waals surface area (Å²) in [7, 11) is 0.490. The molecule has 0 aromatic carbocycles. The Morgan fingerprint density at radius 1 is 1.10 bits per heavy atom. The lowest BCUT2D eigenvalue weighted by molar-refractivity contribution is -0.144. The molecule has 13 heteroatoms. The summed E-state index contributed by atoms with van der Waals surface area (Å²) in [4.78, 5) is 73.6. The van der Waals surface area contributed by atoms with Crippen LogP contribution >= 0.6 is 0 Å². The number of allylic oxidation sites excluding steroid dienone is 1. The molecule has 1 aliphatic carbocycles. The monoisotopic (exact) mass is 730 g/mol. The van der Waals surface area contributed by atoms with Crippen LogP contribution in [0.15, 0.2) is 17.6 Å². The topological polar surface area (TPSA) is 157 Å². The zero-order valence-corrected chi connectivity index (χ0v) is 32.9. The third-order valence-electron chi connectivity index (χ3n) is 10.8. The SMILES string of the molecule is C#CCCC(NC(=O)[C@@H]1C[C@@H](C(CC)CC)CN1C(=O)[C@@H](NC(=O)N[C@H](CN(C)S(C)=O)C(C)(C)C)C1(C)CCCCC1)C(=O)C(=O)N=CC=C. The van der Waals surface area contributed by atoms with E-state index in [9.17, 15) is 28.2 Å². The minimum Gasteiger partial charge on any atom is -0.344 e. The van der Waals surface area contributed by atoms with Crippen molar-refractivity contribution in [2.45, 2.75) is 130 Å². The number of rotatable bonds is 17. The summed E-state index contributed by atoms with van der Waals surface area (Å²) in [6.07, 6.45) is 16.0. The quantitative estimate of drug-likeness (QED) is 0.116. The number of nitrogens with zero attached hydrogens (tertiary/aromatic N) is 3. The van der Waals surface area contributed by atoms with Gasteiger partial charge in [0.05, 0.1) is 17.0 Å². The molecule has 0 aromatic heterocycles. The molecule has 2 unspecified atom stereocenters. The summed E-state index contributed by atoms with van der Waals surface area (Å²) in [5.41, 5.74) is -0.952. The number of carbonyl (C=O) groups is 5. The Hall–Kier alpha value is -3.37. The van der Waals surface area contributed by atoms with Crippen LogP contribution in [-0.4, -0.2) is 99.7 Å². The number of hydrogen-bond donors (Lipinski definition) is 3. The molecule has 2 rings (SSSR count). The van der Waals surface area contributed by atoms with Crippen molar-refractivity contribution in [1.82, 2.24) is 25.2 Å². The highest BCUT2D eigenvalue weighted by Crippen LogP contribution is 2.41. The third-order valence-corrected chi connectivity index (χ3v) is 11.8. The van der Waals surface area contributed by atoms with Gasteiger partial charge < -0.3 is 20.9 Å². The van der Waals surface area contributed by atoms with Crippen LogP contribution in [0.25, 0.3) is 0 Å². The van der Waals surface area contributed by atoms with Gasteiger partial charge in [0.1, 0.15) is 12.1 Å².